The molecule has 0 aromatic rings. The molecule has 0 aliphatic heterocycles. The van der Waals surface area contributed by atoms with E-state index in [0.29, 0.717) is 0 Å². The van der Waals surface area contributed by atoms with Gasteiger partial charge in [-0.1, -0.05) is 12.2 Å². The minimum Gasteiger partial charge on any atom is -0.396 e. The van der Waals surface area contributed by atoms with Gasteiger partial charge in [0.05, 0.1) is 0 Å². The van der Waals surface area contributed by atoms with Gasteiger partial charge < -0.3 is 10.8 Å². The first-order valence-corrected chi connectivity index (χ1v) is 3.61. The number of hydrogen-bond donors (Lipinski definition) is 2. The largest absolute Gasteiger partial charge is 0.396 e. The Morgan fingerprint density at radius 3 is 2.40 bits per heavy atom. The fourth-order valence-corrected chi connectivity index (χ4v) is 0.579. The molecule has 0 rings (SSSR count). The lowest BCUT2D eigenvalue weighted by Gasteiger charge is -2.14. The highest BCUT2D eigenvalue weighted by molar-refractivity contribution is 4.89. The average molecular weight is 143 g/mol. The molecule has 0 saturated heterocycles. The summed E-state index contributed by atoms with van der Waals surface area (Å²) in [4.78, 5) is 0. The Morgan fingerprint density at radius 2 is 2.00 bits per heavy atom. The zero-order valence-electron chi connectivity index (χ0n) is 6.80. The maximum atomic E-state index is 8.41. The van der Waals surface area contributed by atoms with Crippen LogP contribution in [0.3, 0.4) is 0 Å². The lowest BCUT2D eigenvalue weighted by molar-refractivity contribution is 0.302. The summed E-state index contributed by atoms with van der Waals surface area (Å²) >= 11 is 0. The topological polar surface area (TPSA) is 46.2 Å². The molecule has 2 nitrogen and oxygen atoms in total. The molecule has 0 saturated carbocycles. The minimum atomic E-state index is -0.119. The van der Waals surface area contributed by atoms with Crippen molar-refractivity contribution in [2.45, 2.75) is 32.2 Å². The van der Waals surface area contributed by atoms with E-state index >= 15 is 0 Å². The third-order valence-corrected chi connectivity index (χ3v) is 1.11. The van der Waals surface area contributed by atoms with E-state index in [4.69, 9.17) is 10.8 Å². The van der Waals surface area contributed by atoms with Gasteiger partial charge in [-0.05, 0) is 26.7 Å². The molecule has 2 heteroatoms. The molecule has 10 heavy (non-hydrogen) atoms. The molecule has 0 atom stereocenters. The van der Waals surface area contributed by atoms with Gasteiger partial charge in [-0.3, -0.25) is 0 Å². The number of nitrogens with two attached hydrogens (primary N) is 1. The fourth-order valence-electron chi connectivity index (χ4n) is 0.579. The summed E-state index contributed by atoms with van der Waals surface area (Å²) in [5.41, 5.74) is 5.58. The monoisotopic (exact) mass is 143 g/mol. The van der Waals surface area contributed by atoms with Gasteiger partial charge in [0.15, 0.2) is 0 Å². The van der Waals surface area contributed by atoms with Crippen LogP contribution in [0.5, 0.6) is 0 Å². The zero-order valence-corrected chi connectivity index (χ0v) is 6.80. The molecule has 0 fully saturated rings. The van der Waals surface area contributed by atoms with Crippen LogP contribution in [0.25, 0.3) is 0 Å². The minimum absolute atomic E-state index is 0.119. The van der Waals surface area contributed by atoms with Crippen LogP contribution in [0.1, 0.15) is 26.7 Å². The van der Waals surface area contributed by atoms with Gasteiger partial charge in [0.25, 0.3) is 0 Å². The second-order valence-electron chi connectivity index (χ2n) is 3.18. The number of aliphatic hydroxyl groups excluding tert-OH is 1. The predicted molar refractivity (Wildman–Crippen MR) is 43.7 cm³/mol. The van der Waals surface area contributed by atoms with Crippen LogP contribution in [0.15, 0.2) is 12.2 Å². The average Bonchev–Trinajstić information content (AvgIpc) is 1.78. The van der Waals surface area contributed by atoms with Gasteiger partial charge >= 0.3 is 0 Å². The first-order valence-electron chi connectivity index (χ1n) is 3.61. The summed E-state index contributed by atoms with van der Waals surface area (Å²) in [5, 5.41) is 8.41. The molecular formula is C8H17NO. The SMILES string of the molecule is CC(C)(N)CC=CCCO. The van der Waals surface area contributed by atoms with Gasteiger partial charge in [-0.15, -0.1) is 0 Å². The number of aliphatic hydroxyl groups is 1. The van der Waals surface area contributed by atoms with E-state index < -0.39 is 0 Å². The summed E-state index contributed by atoms with van der Waals surface area (Å²) < 4.78 is 0. The van der Waals surface area contributed by atoms with Crippen molar-refractivity contribution in [3.8, 4) is 0 Å². The van der Waals surface area contributed by atoms with Gasteiger partial charge in [-0.2, -0.15) is 0 Å². The van der Waals surface area contributed by atoms with Crippen molar-refractivity contribution >= 4 is 0 Å². The number of hydrogen-bond acceptors (Lipinski definition) is 2. The van der Waals surface area contributed by atoms with E-state index in [1.165, 1.54) is 0 Å². The van der Waals surface area contributed by atoms with Gasteiger partial charge in [-0.25, -0.2) is 0 Å². The molecule has 0 aromatic heterocycles. The summed E-state index contributed by atoms with van der Waals surface area (Å²) in [5.74, 6) is 0. The van der Waals surface area contributed by atoms with Crippen molar-refractivity contribution in [2.24, 2.45) is 5.73 Å². The molecule has 0 aliphatic rings. The van der Waals surface area contributed by atoms with Crippen LogP contribution in [0, 0.1) is 0 Å². The molecule has 0 amide bonds. The molecule has 0 heterocycles. The molecule has 3 N–H and O–H groups in total. The Morgan fingerprint density at radius 1 is 1.40 bits per heavy atom. The quantitative estimate of drug-likeness (QED) is 0.578. The lowest BCUT2D eigenvalue weighted by atomic mass is 10.0. The van der Waals surface area contributed by atoms with Crippen molar-refractivity contribution < 1.29 is 5.11 Å². The van der Waals surface area contributed by atoms with Crippen molar-refractivity contribution in [3.05, 3.63) is 12.2 Å². The summed E-state index contributed by atoms with van der Waals surface area (Å²) in [6.45, 7) is 4.19. The summed E-state index contributed by atoms with van der Waals surface area (Å²) in [7, 11) is 0. The van der Waals surface area contributed by atoms with E-state index in [1.54, 1.807) is 0 Å². The van der Waals surface area contributed by atoms with Gasteiger partial charge in [0.1, 0.15) is 0 Å². The fraction of sp³-hybridized carbons (Fsp3) is 0.750. The molecule has 0 radical (unpaired) electrons. The maximum absolute atomic E-state index is 8.41. The third-order valence-electron chi connectivity index (χ3n) is 1.11. The van der Waals surface area contributed by atoms with E-state index in [2.05, 4.69) is 0 Å². The maximum Gasteiger partial charge on any atom is 0.0465 e. The van der Waals surface area contributed by atoms with Gasteiger partial charge in [0.2, 0.25) is 0 Å². The Bertz CT molecular complexity index is 102. The normalized spacial score (nSPS) is 12.8. The predicted octanol–water partition coefficient (Wildman–Crippen LogP) is 1.05. The molecule has 0 spiro atoms. The molecule has 0 bridgehead atoms. The second-order valence-corrected chi connectivity index (χ2v) is 3.18. The second kappa shape index (κ2) is 4.47. The first-order chi connectivity index (χ1) is 4.56. The van der Waals surface area contributed by atoms with Crippen molar-refractivity contribution in [3.63, 3.8) is 0 Å². The van der Waals surface area contributed by atoms with E-state index in [9.17, 15) is 0 Å². The lowest BCUT2D eigenvalue weighted by Crippen LogP contribution is -2.30. The Hall–Kier alpha value is -0.340. The van der Waals surface area contributed by atoms with Crippen LogP contribution in [0.4, 0.5) is 0 Å². The van der Waals surface area contributed by atoms with Gasteiger partial charge in [0, 0.05) is 12.1 Å². The summed E-state index contributed by atoms with van der Waals surface area (Å²) in [6, 6.07) is 0. The number of rotatable bonds is 4. The van der Waals surface area contributed by atoms with E-state index in [1.807, 2.05) is 26.0 Å². The molecule has 60 valence electrons. The van der Waals surface area contributed by atoms with Crippen LogP contribution in [0.2, 0.25) is 0 Å². The first kappa shape index (κ1) is 9.66. The van der Waals surface area contributed by atoms with Crippen molar-refractivity contribution in [2.75, 3.05) is 6.61 Å². The van der Waals surface area contributed by atoms with Crippen LogP contribution >= 0.6 is 0 Å². The highest BCUT2D eigenvalue weighted by Gasteiger charge is 2.05. The third kappa shape index (κ3) is 7.66. The Balaban J connectivity index is 3.34. The van der Waals surface area contributed by atoms with Crippen LogP contribution in [-0.4, -0.2) is 17.3 Å². The highest BCUT2D eigenvalue weighted by atomic mass is 16.2. The molecular weight excluding hydrogens is 126 g/mol. The molecule has 0 unspecified atom stereocenters. The molecule has 0 aliphatic carbocycles. The highest BCUT2D eigenvalue weighted by Crippen LogP contribution is 2.03. The standard InChI is InChI=1S/C8H17NO/c1-8(2,9)6-4-3-5-7-10/h3-4,10H,5-7,9H2,1-2H3. The zero-order chi connectivity index (χ0) is 8.04. The smallest absolute Gasteiger partial charge is 0.0465 e. The van der Waals surface area contributed by atoms with E-state index in [0.717, 1.165) is 12.8 Å². The van der Waals surface area contributed by atoms with E-state index in [-0.39, 0.29) is 12.1 Å². The van der Waals surface area contributed by atoms with Crippen molar-refractivity contribution in [1.82, 2.24) is 0 Å². The van der Waals surface area contributed by atoms with Crippen LogP contribution < -0.4 is 5.73 Å². The van der Waals surface area contributed by atoms with Crippen molar-refractivity contribution in [1.29, 1.82) is 0 Å². The Kier molecular flexibility index (Phi) is 4.32. The molecule has 0 aromatic carbocycles. The van der Waals surface area contributed by atoms with Crippen LogP contribution in [-0.2, 0) is 0 Å². The summed E-state index contributed by atoms with van der Waals surface area (Å²) in [6.07, 6.45) is 5.56. The Labute approximate surface area is 62.7 Å².